The number of hydrogen-bond donors (Lipinski definition) is 1. The number of amides is 1. The summed E-state index contributed by atoms with van der Waals surface area (Å²) in [5.74, 6) is 0.940. The standard InChI is InChI=1S/C8H17NOS/c1-4-5-6-11-8(10)9-7(2)3/h7H,4-6H2,1-3H3,(H,9,10). The van der Waals surface area contributed by atoms with Gasteiger partial charge in [0.15, 0.2) is 0 Å². The van der Waals surface area contributed by atoms with E-state index in [0.29, 0.717) is 0 Å². The fourth-order valence-corrected chi connectivity index (χ4v) is 1.52. The van der Waals surface area contributed by atoms with Gasteiger partial charge in [-0.25, -0.2) is 0 Å². The molecule has 66 valence electrons. The number of hydrogen-bond acceptors (Lipinski definition) is 2. The number of thioether (sulfide) groups is 1. The zero-order chi connectivity index (χ0) is 8.69. The molecular formula is C8H17NOS. The lowest BCUT2D eigenvalue weighted by Crippen LogP contribution is -2.26. The van der Waals surface area contributed by atoms with Gasteiger partial charge < -0.3 is 5.32 Å². The maximum absolute atomic E-state index is 11.0. The van der Waals surface area contributed by atoms with E-state index in [0.717, 1.165) is 18.6 Å². The molecule has 3 heteroatoms. The molecule has 2 nitrogen and oxygen atoms in total. The van der Waals surface area contributed by atoms with E-state index in [9.17, 15) is 4.79 Å². The minimum atomic E-state index is 0.105. The second-order valence-electron chi connectivity index (χ2n) is 2.79. The van der Waals surface area contributed by atoms with Crippen LogP contribution in [0.15, 0.2) is 0 Å². The Morgan fingerprint density at radius 3 is 2.64 bits per heavy atom. The summed E-state index contributed by atoms with van der Waals surface area (Å²) in [5, 5.41) is 2.93. The van der Waals surface area contributed by atoms with Crippen LogP contribution in [0, 0.1) is 0 Å². The van der Waals surface area contributed by atoms with Crippen LogP contribution < -0.4 is 5.32 Å². The summed E-state index contributed by atoms with van der Waals surface area (Å²) in [4.78, 5) is 11.0. The molecule has 0 aliphatic carbocycles. The van der Waals surface area contributed by atoms with Crippen molar-refractivity contribution in [2.45, 2.75) is 39.7 Å². The SMILES string of the molecule is CCCCSC(=O)NC(C)C. The Hall–Kier alpha value is -0.180. The van der Waals surface area contributed by atoms with E-state index in [1.54, 1.807) is 0 Å². The van der Waals surface area contributed by atoms with Crippen LogP contribution in [0.3, 0.4) is 0 Å². The molecule has 0 fully saturated rings. The van der Waals surface area contributed by atoms with E-state index in [1.165, 1.54) is 11.8 Å². The molecule has 0 aromatic rings. The van der Waals surface area contributed by atoms with Crippen molar-refractivity contribution >= 4 is 17.0 Å². The van der Waals surface area contributed by atoms with E-state index in [4.69, 9.17) is 0 Å². The first-order valence-corrected chi connectivity index (χ1v) is 5.08. The van der Waals surface area contributed by atoms with E-state index in [1.807, 2.05) is 13.8 Å². The molecule has 0 aromatic carbocycles. The topological polar surface area (TPSA) is 29.1 Å². The summed E-state index contributed by atoms with van der Waals surface area (Å²) < 4.78 is 0. The Balaban J connectivity index is 3.23. The summed E-state index contributed by atoms with van der Waals surface area (Å²) >= 11 is 1.38. The lowest BCUT2D eigenvalue weighted by Gasteiger charge is -2.06. The van der Waals surface area contributed by atoms with Crippen LogP contribution in [0.25, 0.3) is 0 Å². The van der Waals surface area contributed by atoms with Gasteiger partial charge in [-0.15, -0.1) is 0 Å². The first-order valence-electron chi connectivity index (χ1n) is 4.10. The first-order chi connectivity index (χ1) is 5.16. The molecule has 11 heavy (non-hydrogen) atoms. The molecule has 0 bridgehead atoms. The van der Waals surface area contributed by atoms with Gasteiger partial charge in [-0.1, -0.05) is 25.1 Å². The molecular weight excluding hydrogens is 158 g/mol. The highest BCUT2D eigenvalue weighted by molar-refractivity contribution is 8.13. The minimum absolute atomic E-state index is 0.105. The molecule has 0 heterocycles. The van der Waals surface area contributed by atoms with Crippen LogP contribution in [0.2, 0.25) is 0 Å². The van der Waals surface area contributed by atoms with E-state index < -0.39 is 0 Å². The molecule has 0 atom stereocenters. The smallest absolute Gasteiger partial charge is 0.279 e. The third-order valence-electron chi connectivity index (χ3n) is 1.14. The third-order valence-corrected chi connectivity index (χ3v) is 2.01. The molecule has 0 unspecified atom stereocenters. The van der Waals surface area contributed by atoms with Gasteiger partial charge in [-0.3, -0.25) is 4.79 Å². The number of unbranched alkanes of at least 4 members (excludes halogenated alkanes) is 1. The number of carbonyl (C=O) groups excluding carboxylic acids is 1. The summed E-state index contributed by atoms with van der Waals surface area (Å²) in [6.45, 7) is 6.07. The first kappa shape index (κ1) is 10.8. The number of rotatable bonds is 4. The second-order valence-corrected chi connectivity index (χ2v) is 3.86. The Kier molecular flexibility index (Phi) is 6.42. The monoisotopic (exact) mass is 175 g/mol. The van der Waals surface area contributed by atoms with Crippen LogP contribution >= 0.6 is 11.8 Å². The van der Waals surface area contributed by atoms with Gasteiger partial charge in [0.05, 0.1) is 0 Å². The highest BCUT2D eigenvalue weighted by Gasteiger charge is 2.01. The summed E-state index contributed by atoms with van der Waals surface area (Å²) in [6.07, 6.45) is 2.28. The molecule has 0 aromatic heterocycles. The fourth-order valence-electron chi connectivity index (χ4n) is 0.587. The number of nitrogens with one attached hydrogen (secondary N) is 1. The van der Waals surface area contributed by atoms with Crippen LogP contribution in [0.5, 0.6) is 0 Å². The van der Waals surface area contributed by atoms with Crippen LogP contribution in [-0.4, -0.2) is 17.0 Å². The molecule has 0 spiro atoms. The fraction of sp³-hybridized carbons (Fsp3) is 0.875. The maximum Gasteiger partial charge on any atom is 0.279 e. The summed E-state index contributed by atoms with van der Waals surface area (Å²) in [6, 6.07) is 0.261. The average Bonchev–Trinajstić information content (AvgIpc) is 1.86. The Labute approximate surface area is 73.1 Å². The van der Waals surface area contributed by atoms with Crippen molar-refractivity contribution in [3.8, 4) is 0 Å². The minimum Gasteiger partial charge on any atom is -0.345 e. The molecule has 0 aliphatic heterocycles. The normalized spacial score (nSPS) is 10.2. The highest BCUT2D eigenvalue weighted by Crippen LogP contribution is 2.05. The molecule has 0 radical (unpaired) electrons. The van der Waals surface area contributed by atoms with Crippen molar-refractivity contribution < 1.29 is 4.79 Å². The van der Waals surface area contributed by atoms with Gasteiger partial charge in [-0.2, -0.15) is 0 Å². The quantitative estimate of drug-likeness (QED) is 0.665. The van der Waals surface area contributed by atoms with Crippen molar-refractivity contribution in [2.24, 2.45) is 0 Å². The number of carbonyl (C=O) groups is 1. The molecule has 1 N–H and O–H groups in total. The van der Waals surface area contributed by atoms with Gasteiger partial charge >= 0.3 is 0 Å². The van der Waals surface area contributed by atoms with Gasteiger partial charge in [0, 0.05) is 11.8 Å². The molecule has 0 saturated heterocycles. The van der Waals surface area contributed by atoms with Crippen LogP contribution in [0.1, 0.15) is 33.6 Å². The average molecular weight is 175 g/mol. The van der Waals surface area contributed by atoms with E-state index >= 15 is 0 Å². The maximum atomic E-state index is 11.0. The van der Waals surface area contributed by atoms with Crippen LogP contribution in [-0.2, 0) is 0 Å². The Morgan fingerprint density at radius 2 is 2.18 bits per heavy atom. The van der Waals surface area contributed by atoms with Crippen molar-refractivity contribution in [3.63, 3.8) is 0 Å². The third kappa shape index (κ3) is 7.72. The van der Waals surface area contributed by atoms with Gasteiger partial charge in [0.1, 0.15) is 0 Å². The van der Waals surface area contributed by atoms with Crippen molar-refractivity contribution in [3.05, 3.63) is 0 Å². The van der Waals surface area contributed by atoms with Crippen molar-refractivity contribution in [1.82, 2.24) is 5.32 Å². The van der Waals surface area contributed by atoms with Gasteiger partial charge in [-0.05, 0) is 20.3 Å². The highest BCUT2D eigenvalue weighted by atomic mass is 32.2. The van der Waals surface area contributed by atoms with Gasteiger partial charge in [0.25, 0.3) is 5.24 Å². The molecule has 0 saturated carbocycles. The van der Waals surface area contributed by atoms with E-state index in [-0.39, 0.29) is 11.3 Å². The molecule has 0 rings (SSSR count). The predicted octanol–water partition coefficient (Wildman–Crippen LogP) is 2.64. The van der Waals surface area contributed by atoms with Crippen molar-refractivity contribution in [1.29, 1.82) is 0 Å². The van der Waals surface area contributed by atoms with Crippen LogP contribution in [0.4, 0.5) is 4.79 Å². The lowest BCUT2D eigenvalue weighted by molar-refractivity contribution is 0.259. The zero-order valence-electron chi connectivity index (χ0n) is 7.52. The molecule has 0 aliphatic rings. The van der Waals surface area contributed by atoms with Crippen molar-refractivity contribution in [2.75, 3.05) is 5.75 Å². The Bertz CT molecular complexity index is 115. The molecule has 1 amide bonds. The summed E-state index contributed by atoms with van der Waals surface area (Å²) in [7, 11) is 0. The lowest BCUT2D eigenvalue weighted by atomic mass is 10.4. The zero-order valence-corrected chi connectivity index (χ0v) is 8.33. The Morgan fingerprint density at radius 1 is 1.55 bits per heavy atom. The summed E-state index contributed by atoms with van der Waals surface area (Å²) in [5.41, 5.74) is 0. The van der Waals surface area contributed by atoms with E-state index in [2.05, 4.69) is 12.2 Å². The second kappa shape index (κ2) is 6.53. The largest absolute Gasteiger partial charge is 0.345 e. The van der Waals surface area contributed by atoms with Gasteiger partial charge in [0.2, 0.25) is 0 Å². The predicted molar refractivity (Wildman–Crippen MR) is 51.0 cm³/mol.